The van der Waals surface area contributed by atoms with Crippen LogP contribution in [-0.4, -0.2) is 16.1 Å². The van der Waals surface area contributed by atoms with Crippen LogP contribution in [0.1, 0.15) is 23.2 Å². The van der Waals surface area contributed by atoms with E-state index < -0.39 is 0 Å². The highest BCUT2D eigenvalue weighted by Gasteiger charge is 2.26. The molecule has 0 amide bonds. The molecule has 1 aromatic carbocycles. The molecule has 102 valence electrons. The predicted octanol–water partition coefficient (Wildman–Crippen LogP) is 3.49. The maximum atomic E-state index is 11.1. The Morgan fingerprint density at radius 2 is 2.05 bits per heavy atom. The van der Waals surface area contributed by atoms with Gasteiger partial charge in [-0.1, -0.05) is 35.9 Å². The van der Waals surface area contributed by atoms with Gasteiger partial charge in [-0.05, 0) is 25.3 Å². The number of aryl methyl sites for hydroxylation is 3. The lowest BCUT2D eigenvalue weighted by Crippen LogP contribution is -2.03. The molecule has 0 saturated carbocycles. The third-order valence-corrected chi connectivity index (χ3v) is 4.23. The summed E-state index contributed by atoms with van der Waals surface area (Å²) in [6.07, 6.45) is 2.29. The van der Waals surface area contributed by atoms with E-state index in [1.165, 1.54) is 5.56 Å². The van der Waals surface area contributed by atoms with Crippen molar-refractivity contribution in [3.8, 4) is 11.3 Å². The minimum atomic E-state index is 0.549. The highest BCUT2D eigenvalue weighted by Crippen LogP contribution is 2.40. The Hall–Kier alpha value is -1.87. The first-order valence-corrected chi connectivity index (χ1v) is 6.97. The van der Waals surface area contributed by atoms with Crippen molar-refractivity contribution in [3.63, 3.8) is 0 Å². The van der Waals surface area contributed by atoms with Gasteiger partial charge in [-0.25, -0.2) is 0 Å². The largest absolute Gasteiger partial charge is 0.298 e. The summed E-state index contributed by atoms with van der Waals surface area (Å²) < 4.78 is 1.86. The Morgan fingerprint density at radius 3 is 2.75 bits per heavy atom. The molecule has 3 nitrogen and oxygen atoms in total. The highest BCUT2D eigenvalue weighted by molar-refractivity contribution is 6.51. The van der Waals surface area contributed by atoms with Crippen LogP contribution in [0.5, 0.6) is 0 Å². The molecule has 3 rings (SSSR count). The summed E-state index contributed by atoms with van der Waals surface area (Å²) in [5, 5.41) is 5.12. The van der Waals surface area contributed by atoms with Gasteiger partial charge in [-0.2, -0.15) is 5.10 Å². The van der Waals surface area contributed by atoms with Gasteiger partial charge in [-0.3, -0.25) is 9.48 Å². The lowest BCUT2D eigenvalue weighted by atomic mass is 9.93. The molecule has 0 saturated heterocycles. The first kappa shape index (κ1) is 13.1. The van der Waals surface area contributed by atoms with Crippen LogP contribution >= 0.6 is 11.6 Å². The second-order valence-electron chi connectivity index (χ2n) is 5.07. The van der Waals surface area contributed by atoms with E-state index in [2.05, 4.69) is 24.2 Å². The van der Waals surface area contributed by atoms with E-state index in [1.807, 2.05) is 23.9 Å². The zero-order valence-corrected chi connectivity index (χ0v) is 12.2. The first-order chi connectivity index (χ1) is 9.63. The van der Waals surface area contributed by atoms with Gasteiger partial charge in [0.25, 0.3) is 0 Å². The van der Waals surface area contributed by atoms with Crippen LogP contribution in [0.3, 0.4) is 0 Å². The molecule has 0 N–H and O–H groups in total. The molecule has 4 heteroatoms. The molecular formula is C16H15ClN2O. The lowest BCUT2D eigenvalue weighted by Gasteiger charge is -2.14. The topological polar surface area (TPSA) is 34.9 Å². The summed E-state index contributed by atoms with van der Waals surface area (Å²) in [5.74, 6) is 0. The van der Waals surface area contributed by atoms with Crippen molar-refractivity contribution in [2.24, 2.45) is 7.05 Å². The number of benzene rings is 1. The third-order valence-electron chi connectivity index (χ3n) is 3.79. The molecule has 2 aromatic rings. The van der Waals surface area contributed by atoms with Crippen LogP contribution in [0.25, 0.3) is 16.3 Å². The quantitative estimate of drug-likeness (QED) is 0.792. The standard InChI is InChI=1S/C16H15ClN2O/c1-10-5-3-4-6-12(10)16-14-13(18-19(16)2)8-7-11(9-20)15(14)17/h3-6,9H,7-8H2,1-2H3. The number of rotatable bonds is 2. The number of fused-ring (bicyclic) bond motifs is 1. The van der Waals surface area contributed by atoms with Gasteiger partial charge in [-0.15, -0.1) is 0 Å². The fourth-order valence-corrected chi connectivity index (χ4v) is 3.10. The third kappa shape index (κ3) is 1.90. The van der Waals surface area contributed by atoms with Crippen LogP contribution in [0, 0.1) is 6.92 Å². The molecule has 1 heterocycles. The normalized spacial score (nSPS) is 14.3. The SMILES string of the molecule is Cc1ccccc1-c1c2c(nn1C)CCC(C=O)=C2Cl. The van der Waals surface area contributed by atoms with Crippen LogP contribution in [0.15, 0.2) is 29.8 Å². The Bertz CT molecular complexity index is 728. The fraction of sp³-hybridized carbons (Fsp3) is 0.250. The van der Waals surface area contributed by atoms with E-state index in [9.17, 15) is 4.79 Å². The predicted molar refractivity (Wildman–Crippen MR) is 80.5 cm³/mol. The van der Waals surface area contributed by atoms with Gasteiger partial charge in [0.2, 0.25) is 0 Å². The molecule has 0 fully saturated rings. The zero-order valence-electron chi connectivity index (χ0n) is 11.5. The van der Waals surface area contributed by atoms with Crippen molar-refractivity contribution in [1.82, 2.24) is 9.78 Å². The molecule has 1 aromatic heterocycles. The summed E-state index contributed by atoms with van der Waals surface area (Å²) >= 11 is 6.43. The lowest BCUT2D eigenvalue weighted by molar-refractivity contribution is -0.105. The smallest absolute Gasteiger partial charge is 0.147 e. The van der Waals surface area contributed by atoms with Crippen molar-refractivity contribution in [1.29, 1.82) is 0 Å². The first-order valence-electron chi connectivity index (χ1n) is 6.59. The van der Waals surface area contributed by atoms with Gasteiger partial charge in [0.15, 0.2) is 0 Å². The number of aromatic nitrogens is 2. The zero-order chi connectivity index (χ0) is 14.3. The molecule has 0 spiro atoms. The fourth-order valence-electron chi connectivity index (χ4n) is 2.77. The second kappa shape index (κ2) is 4.91. The molecule has 1 aliphatic rings. The molecule has 0 bridgehead atoms. The van der Waals surface area contributed by atoms with E-state index in [0.29, 0.717) is 17.0 Å². The van der Waals surface area contributed by atoms with Gasteiger partial charge >= 0.3 is 0 Å². The Labute approximate surface area is 122 Å². The highest BCUT2D eigenvalue weighted by atomic mass is 35.5. The number of aldehydes is 1. The molecule has 1 aliphatic carbocycles. The Balaban J connectivity index is 2.31. The summed E-state index contributed by atoms with van der Waals surface area (Å²) in [7, 11) is 1.92. The Morgan fingerprint density at radius 1 is 1.30 bits per heavy atom. The average molecular weight is 287 g/mol. The molecule has 20 heavy (non-hydrogen) atoms. The van der Waals surface area contributed by atoms with Crippen LogP contribution in [-0.2, 0) is 18.3 Å². The summed E-state index contributed by atoms with van der Waals surface area (Å²) in [6.45, 7) is 2.07. The number of hydrogen-bond donors (Lipinski definition) is 0. The molecule has 0 radical (unpaired) electrons. The Kier molecular flexibility index (Phi) is 3.22. The second-order valence-corrected chi connectivity index (χ2v) is 5.44. The summed E-state index contributed by atoms with van der Waals surface area (Å²) in [4.78, 5) is 11.1. The van der Waals surface area contributed by atoms with E-state index in [0.717, 1.165) is 35.2 Å². The molecular weight excluding hydrogens is 272 g/mol. The van der Waals surface area contributed by atoms with Crippen LogP contribution in [0.2, 0.25) is 0 Å². The van der Waals surface area contributed by atoms with Gasteiger partial charge in [0.05, 0.1) is 16.4 Å². The van der Waals surface area contributed by atoms with Crippen molar-refractivity contribution in [3.05, 3.63) is 46.7 Å². The maximum Gasteiger partial charge on any atom is 0.147 e. The molecule has 0 unspecified atom stereocenters. The van der Waals surface area contributed by atoms with E-state index in [-0.39, 0.29) is 0 Å². The minimum absolute atomic E-state index is 0.549. The van der Waals surface area contributed by atoms with Crippen molar-refractivity contribution < 1.29 is 4.79 Å². The number of halogens is 1. The van der Waals surface area contributed by atoms with Crippen molar-refractivity contribution >= 4 is 22.9 Å². The molecule has 0 aliphatic heterocycles. The monoisotopic (exact) mass is 286 g/mol. The number of allylic oxidation sites excluding steroid dienone is 1. The van der Waals surface area contributed by atoms with E-state index >= 15 is 0 Å². The molecule has 0 atom stereocenters. The van der Waals surface area contributed by atoms with Crippen molar-refractivity contribution in [2.75, 3.05) is 0 Å². The van der Waals surface area contributed by atoms with Crippen LogP contribution in [0.4, 0.5) is 0 Å². The van der Waals surface area contributed by atoms with Gasteiger partial charge < -0.3 is 0 Å². The van der Waals surface area contributed by atoms with Crippen molar-refractivity contribution in [2.45, 2.75) is 19.8 Å². The summed E-state index contributed by atoms with van der Waals surface area (Å²) in [5.41, 5.74) is 5.82. The van der Waals surface area contributed by atoms with Gasteiger partial charge in [0.1, 0.15) is 6.29 Å². The summed E-state index contributed by atoms with van der Waals surface area (Å²) in [6, 6.07) is 8.14. The van der Waals surface area contributed by atoms with Crippen LogP contribution < -0.4 is 0 Å². The number of carbonyl (C=O) groups is 1. The minimum Gasteiger partial charge on any atom is -0.298 e. The number of nitrogens with zero attached hydrogens (tertiary/aromatic N) is 2. The number of carbonyl (C=O) groups excluding carboxylic acids is 1. The van der Waals surface area contributed by atoms with E-state index in [4.69, 9.17) is 11.6 Å². The average Bonchev–Trinajstić information content (AvgIpc) is 2.77. The maximum absolute atomic E-state index is 11.1. The van der Waals surface area contributed by atoms with Gasteiger partial charge in [0, 0.05) is 23.7 Å². The van der Waals surface area contributed by atoms with E-state index in [1.54, 1.807) is 0 Å². The number of hydrogen-bond acceptors (Lipinski definition) is 2.